The van der Waals surface area contributed by atoms with Crippen molar-refractivity contribution in [2.75, 3.05) is 4.72 Å². The largest absolute Gasteiger partial charge is 0.316 e. The number of aryl methyl sites for hydroxylation is 1. The van der Waals surface area contributed by atoms with E-state index >= 15 is 0 Å². The molecule has 0 fully saturated rings. The molecule has 0 saturated carbocycles. The van der Waals surface area contributed by atoms with Crippen molar-refractivity contribution in [3.8, 4) is 0 Å². The fourth-order valence-electron chi connectivity index (χ4n) is 0.936. The van der Waals surface area contributed by atoms with Gasteiger partial charge in [-0.1, -0.05) is 0 Å². The molecule has 0 amide bonds. The molecule has 0 aliphatic carbocycles. The number of hydrogen-bond acceptors (Lipinski definition) is 3. The molecule has 0 atom stereocenters. The van der Waals surface area contributed by atoms with Crippen LogP contribution in [0, 0.1) is 0 Å². The Balaban J connectivity index is 3.01. The highest BCUT2D eigenvalue weighted by molar-refractivity contribution is 7.93. The van der Waals surface area contributed by atoms with Crippen LogP contribution >= 0.6 is 0 Å². The highest BCUT2D eigenvalue weighted by Crippen LogP contribution is 2.08. The maximum absolute atomic E-state index is 11.5. The zero-order valence-corrected chi connectivity index (χ0v) is 9.71. The number of hydrogen-bond donors (Lipinski definition) is 1. The molecule has 0 aliphatic rings. The number of anilines is 1. The lowest BCUT2D eigenvalue weighted by atomic mass is 10.4. The van der Waals surface area contributed by atoms with Crippen LogP contribution in [0.2, 0.25) is 0 Å². The van der Waals surface area contributed by atoms with Crippen LogP contribution < -0.4 is 10.3 Å². The van der Waals surface area contributed by atoms with Crippen LogP contribution in [0.3, 0.4) is 0 Å². The van der Waals surface area contributed by atoms with Gasteiger partial charge >= 0.3 is 0 Å². The summed E-state index contributed by atoms with van der Waals surface area (Å²) in [7, 11) is -1.78. The number of sulfonamides is 1. The first-order valence-corrected chi connectivity index (χ1v) is 6.06. The van der Waals surface area contributed by atoms with Crippen LogP contribution in [-0.4, -0.2) is 18.2 Å². The van der Waals surface area contributed by atoms with Crippen molar-refractivity contribution in [3.05, 3.63) is 28.7 Å². The minimum atomic E-state index is -3.35. The molecule has 0 radical (unpaired) electrons. The normalized spacial score (nSPS) is 11.7. The van der Waals surface area contributed by atoms with E-state index in [-0.39, 0.29) is 5.56 Å². The molecule has 0 aliphatic heterocycles. The fraction of sp³-hybridized carbons (Fsp3) is 0.444. The van der Waals surface area contributed by atoms with Gasteiger partial charge in [-0.2, -0.15) is 0 Å². The van der Waals surface area contributed by atoms with Gasteiger partial charge in [-0.25, -0.2) is 8.42 Å². The van der Waals surface area contributed by atoms with Gasteiger partial charge in [0.2, 0.25) is 15.6 Å². The molecule has 1 N–H and O–H groups in total. The molecule has 84 valence electrons. The van der Waals surface area contributed by atoms with Crippen molar-refractivity contribution in [1.82, 2.24) is 4.57 Å². The van der Waals surface area contributed by atoms with Crippen molar-refractivity contribution >= 4 is 15.7 Å². The third kappa shape index (κ3) is 2.82. The molecule has 6 heteroatoms. The second-order valence-corrected chi connectivity index (χ2v) is 5.80. The summed E-state index contributed by atoms with van der Waals surface area (Å²) in [6.45, 7) is 3.18. The summed E-state index contributed by atoms with van der Waals surface area (Å²) in [6.07, 6.45) is 1.45. The Morgan fingerprint density at radius 3 is 2.40 bits per heavy atom. The molecule has 0 aromatic carbocycles. The zero-order valence-electron chi connectivity index (χ0n) is 8.89. The van der Waals surface area contributed by atoms with Crippen molar-refractivity contribution in [1.29, 1.82) is 0 Å². The Morgan fingerprint density at radius 2 is 1.93 bits per heavy atom. The van der Waals surface area contributed by atoms with Gasteiger partial charge in [0.15, 0.2) is 0 Å². The maximum atomic E-state index is 11.5. The van der Waals surface area contributed by atoms with Gasteiger partial charge in [0.05, 0.1) is 10.9 Å². The quantitative estimate of drug-likeness (QED) is 0.823. The molecule has 1 rings (SSSR count). The van der Waals surface area contributed by atoms with Gasteiger partial charge in [0, 0.05) is 19.3 Å². The van der Waals surface area contributed by atoms with E-state index in [9.17, 15) is 13.2 Å². The molecule has 0 saturated heterocycles. The second-order valence-electron chi connectivity index (χ2n) is 3.56. The standard InChI is InChI=1S/C9H14N2O3S/c1-7(2)15(13,14)10-8-4-5-9(12)11(3)6-8/h4-7,10H,1-3H3. The van der Waals surface area contributed by atoms with E-state index in [4.69, 9.17) is 0 Å². The minimum absolute atomic E-state index is 0.178. The Kier molecular flexibility index (Phi) is 3.18. The van der Waals surface area contributed by atoms with Crippen LogP contribution in [0.1, 0.15) is 13.8 Å². The highest BCUT2D eigenvalue weighted by atomic mass is 32.2. The second kappa shape index (κ2) is 4.06. The third-order valence-electron chi connectivity index (χ3n) is 1.97. The average molecular weight is 230 g/mol. The molecule has 15 heavy (non-hydrogen) atoms. The van der Waals surface area contributed by atoms with Crippen LogP contribution in [-0.2, 0) is 17.1 Å². The monoisotopic (exact) mass is 230 g/mol. The number of rotatable bonds is 3. The topological polar surface area (TPSA) is 68.2 Å². The number of nitrogens with one attached hydrogen (secondary N) is 1. The molecule has 1 aromatic heterocycles. The number of nitrogens with zero attached hydrogens (tertiary/aromatic N) is 1. The first-order valence-electron chi connectivity index (χ1n) is 4.51. The summed E-state index contributed by atoms with van der Waals surface area (Å²) in [5.74, 6) is 0. The Hall–Kier alpha value is -1.30. The molecular weight excluding hydrogens is 216 g/mol. The van der Waals surface area contributed by atoms with Crippen LogP contribution in [0.4, 0.5) is 5.69 Å². The molecule has 1 aromatic rings. The Morgan fingerprint density at radius 1 is 1.33 bits per heavy atom. The van der Waals surface area contributed by atoms with E-state index in [1.54, 1.807) is 20.9 Å². The van der Waals surface area contributed by atoms with Gasteiger partial charge in [0.1, 0.15) is 0 Å². The lowest BCUT2D eigenvalue weighted by molar-refractivity contribution is 0.592. The molecule has 0 spiro atoms. The molecule has 5 nitrogen and oxygen atoms in total. The van der Waals surface area contributed by atoms with Crippen molar-refractivity contribution in [2.24, 2.45) is 7.05 Å². The summed E-state index contributed by atoms with van der Waals surface area (Å²) < 4.78 is 26.7. The molecule has 0 bridgehead atoms. The van der Waals surface area contributed by atoms with Gasteiger partial charge in [-0.3, -0.25) is 9.52 Å². The lowest BCUT2D eigenvalue weighted by Crippen LogP contribution is -2.24. The van der Waals surface area contributed by atoms with E-state index in [2.05, 4.69) is 4.72 Å². The van der Waals surface area contributed by atoms with E-state index in [0.717, 1.165) is 0 Å². The predicted octanol–water partition coefficient (Wildman–Crippen LogP) is 0.535. The van der Waals surface area contributed by atoms with Crippen LogP contribution in [0.5, 0.6) is 0 Å². The Labute approximate surface area is 88.8 Å². The zero-order chi connectivity index (χ0) is 11.6. The van der Waals surface area contributed by atoms with Gasteiger partial charge in [-0.05, 0) is 19.9 Å². The minimum Gasteiger partial charge on any atom is -0.316 e. The van der Waals surface area contributed by atoms with E-state index in [1.165, 1.54) is 22.9 Å². The third-order valence-corrected chi connectivity index (χ3v) is 3.73. The van der Waals surface area contributed by atoms with Crippen molar-refractivity contribution in [2.45, 2.75) is 19.1 Å². The first-order chi connectivity index (χ1) is 6.83. The van der Waals surface area contributed by atoms with Gasteiger partial charge in [-0.15, -0.1) is 0 Å². The fourth-order valence-corrected chi connectivity index (χ4v) is 1.62. The van der Waals surface area contributed by atoms with E-state index in [0.29, 0.717) is 5.69 Å². The van der Waals surface area contributed by atoms with E-state index in [1.807, 2.05) is 0 Å². The Bertz CT molecular complexity index is 502. The molecule has 1 heterocycles. The average Bonchev–Trinajstić information content (AvgIpc) is 2.10. The SMILES string of the molecule is CC(C)S(=O)(=O)Nc1ccc(=O)n(C)c1. The first kappa shape index (κ1) is 11.8. The van der Waals surface area contributed by atoms with Crippen molar-refractivity contribution in [3.63, 3.8) is 0 Å². The highest BCUT2D eigenvalue weighted by Gasteiger charge is 2.15. The maximum Gasteiger partial charge on any atom is 0.250 e. The molecule has 0 unspecified atom stereocenters. The van der Waals surface area contributed by atoms with Gasteiger partial charge < -0.3 is 4.57 Å². The lowest BCUT2D eigenvalue weighted by Gasteiger charge is -2.10. The number of pyridine rings is 1. The smallest absolute Gasteiger partial charge is 0.250 e. The summed E-state index contributed by atoms with van der Waals surface area (Å²) in [5, 5.41) is -0.505. The van der Waals surface area contributed by atoms with Crippen LogP contribution in [0.15, 0.2) is 23.1 Å². The summed E-state index contributed by atoms with van der Waals surface area (Å²) in [6, 6.07) is 2.76. The number of aromatic nitrogens is 1. The molecular formula is C9H14N2O3S. The summed E-state index contributed by atoms with van der Waals surface area (Å²) >= 11 is 0. The van der Waals surface area contributed by atoms with E-state index < -0.39 is 15.3 Å². The summed E-state index contributed by atoms with van der Waals surface area (Å²) in [5.41, 5.74) is 0.216. The van der Waals surface area contributed by atoms with Gasteiger partial charge in [0.25, 0.3) is 0 Å². The predicted molar refractivity (Wildman–Crippen MR) is 59.4 cm³/mol. The summed E-state index contributed by atoms with van der Waals surface area (Å²) in [4.78, 5) is 11.1. The van der Waals surface area contributed by atoms with Crippen LogP contribution in [0.25, 0.3) is 0 Å². The van der Waals surface area contributed by atoms with Crippen molar-refractivity contribution < 1.29 is 8.42 Å².